The Labute approximate surface area is 134 Å². The highest BCUT2D eigenvalue weighted by Crippen LogP contribution is 2.30. The number of carbonyl (C=O) groups is 1. The van der Waals surface area contributed by atoms with Gasteiger partial charge in [0.05, 0.1) is 5.71 Å². The van der Waals surface area contributed by atoms with Crippen LogP contribution in [0, 0.1) is 13.8 Å². The Morgan fingerprint density at radius 3 is 2.74 bits per heavy atom. The van der Waals surface area contributed by atoms with Gasteiger partial charge >= 0.3 is 0 Å². The lowest BCUT2D eigenvalue weighted by atomic mass is 10.1. The largest absolute Gasteiger partial charge is 0.485 e. The number of benzene rings is 1. The molecule has 6 nitrogen and oxygen atoms in total. The van der Waals surface area contributed by atoms with Crippen LogP contribution in [0.2, 0.25) is 0 Å². The maximum Gasteiger partial charge on any atom is 0.284 e. The molecule has 1 atom stereocenters. The molecule has 6 heteroatoms. The van der Waals surface area contributed by atoms with E-state index in [-0.39, 0.29) is 12.5 Å². The van der Waals surface area contributed by atoms with E-state index in [1.165, 1.54) is 0 Å². The summed E-state index contributed by atoms with van der Waals surface area (Å²) in [6.45, 7) is 5.99. The van der Waals surface area contributed by atoms with Crippen molar-refractivity contribution >= 4 is 11.6 Å². The van der Waals surface area contributed by atoms with Gasteiger partial charge in [-0.2, -0.15) is 5.10 Å². The summed E-state index contributed by atoms with van der Waals surface area (Å²) in [5.41, 5.74) is 6.41. The zero-order chi connectivity index (χ0) is 16.4. The lowest BCUT2D eigenvalue weighted by molar-refractivity contribution is -0.130. The summed E-state index contributed by atoms with van der Waals surface area (Å²) < 4.78 is 11.2. The minimum absolute atomic E-state index is 0.166. The van der Waals surface area contributed by atoms with E-state index in [1.54, 1.807) is 6.07 Å². The number of nitrogens with zero attached hydrogens (tertiary/aromatic N) is 1. The fraction of sp³-hybridized carbons (Fsp3) is 0.294. The van der Waals surface area contributed by atoms with Gasteiger partial charge in [-0.05, 0) is 38.5 Å². The van der Waals surface area contributed by atoms with Crippen LogP contribution in [0.3, 0.4) is 0 Å². The molecule has 0 spiro atoms. The minimum Gasteiger partial charge on any atom is -0.485 e. The summed E-state index contributed by atoms with van der Waals surface area (Å²) in [4.78, 5) is 15.4. The second kappa shape index (κ2) is 6.16. The van der Waals surface area contributed by atoms with E-state index in [9.17, 15) is 4.79 Å². The summed E-state index contributed by atoms with van der Waals surface area (Å²) in [5, 5.41) is 4.18. The summed E-state index contributed by atoms with van der Waals surface area (Å²) >= 11 is 0. The molecule has 1 aromatic heterocycles. The number of nitrogens with one attached hydrogen (secondary N) is 2. The Kier molecular flexibility index (Phi) is 4.06. The minimum atomic E-state index is -0.713. The number of hydrogen-bond acceptors (Lipinski definition) is 4. The van der Waals surface area contributed by atoms with Gasteiger partial charge in [0, 0.05) is 17.5 Å². The molecule has 23 heavy (non-hydrogen) atoms. The second-order valence-corrected chi connectivity index (χ2v) is 5.51. The first-order chi connectivity index (χ1) is 11.1. The highest BCUT2D eigenvalue weighted by molar-refractivity contribution is 6.01. The van der Waals surface area contributed by atoms with Gasteiger partial charge in [0.25, 0.3) is 5.91 Å². The van der Waals surface area contributed by atoms with Crippen LogP contribution in [0.4, 0.5) is 0 Å². The second-order valence-electron chi connectivity index (χ2n) is 5.51. The number of aromatic nitrogens is 1. The molecular weight excluding hydrogens is 294 g/mol. The Morgan fingerprint density at radius 2 is 2.04 bits per heavy atom. The number of ether oxygens (including phenoxy) is 2. The molecular formula is C17H19N3O3. The first-order valence-corrected chi connectivity index (χ1v) is 7.44. The molecule has 2 N–H and O–H groups in total. The first kappa shape index (κ1) is 15.1. The Balaban J connectivity index is 1.67. The molecule has 2 heterocycles. The monoisotopic (exact) mass is 313 g/mol. The van der Waals surface area contributed by atoms with Gasteiger partial charge in [-0.1, -0.05) is 12.1 Å². The number of para-hydroxylation sites is 2. The smallest absolute Gasteiger partial charge is 0.284 e. The molecule has 120 valence electrons. The molecule has 2 aromatic rings. The predicted molar refractivity (Wildman–Crippen MR) is 87.0 cm³/mol. The van der Waals surface area contributed by atoms with E-state index in [2.05, 4.69) is 15.5 Å². The summed E-state index contributed by atoms with van der Waals surface area (Å²) in [6.07, 6.45) is 1.20. The van der Waals surface area contributed by atoms with Gasteiger partial charge < -0.3 is 14.5 Å². The van der Waals surface area contributed by atoms with Crippen molar-refractivity contribution in [2.75, 3.05) is 6.61 Å². The number of rotatable bonds is 3. The molecule has 1 aromatic carbocycles. The molecule has 0 aliphatic carbocycles. The highest BCUT2D eigenvalue weighted by atomic mass is 16.6. The third-order valence-electron chi connectivity index (χ3n) is 3.77. The lowest BCUT2D eigenvalue weighted by Crippen LogP contribution is -2.42. The number of carbonyl (C=O) groups excluding carboxylic acids is 1. The van der Waals surface area contributed by atoms with E-state index in [1.807, 2.05) is 45.2 Å². The zero-order valence-corrected chi connectivity index (χ0v) is 13.3. The van der Waals surface area contributed by atoms with E-state index in [0.29, 0.717) is 11.5 Å². The fourth-order valence-corrected chi connectivity index (χ4v) is 2.63. The number of aromatic amines is 1. The van der Waals surface area contributed by atoms with Gasteiger partial charge in [0.1, 0.15) is 6.61 Å². The van der Waals surface area contributed by atoms with Gasteiger partial charge in [-0.15, -0.1) is 0 Å². The molecule has 0 radical (unpaired) electrons. The van der Waals surface area contributed by atoms with Crippen molar-refractivity contribution in [3.05, 3.63) is 47.3 Å². The number of hydrazone groups is 1. The van der Waals surface area contributed by atoms with Crippen LogP contribution in [-0.2, 0) is 4.79 Å². The van der Waals surface area contributed by atoms with Gasteiger partial charge in [-0.25, -0.2) is 5.43 Å². The number of aryl methyl sites for hydroxylation is 2. The summed E-state index contributed by atoms with van der Waals surface area (Å²) in [6, 6.07) is 7.28. The summed E-state index contributed by atoms with van der Waals surface area (Å²) in [5.74, 6) is 0.886. The number of amides is 1. The highest BCUT2D eigenvalue weighted by Gasteiger charge is 2.27. The van der Waals surface area contributed by atoms with Crippen molar-refractivity contribution in [2.24, 2.45) is 5.10 Å². The van der Waals surface area contributed by atoms with Crippen molar-refractivity contribution < 1.29 is 14.3 Å². The van der Waals surface area contributed by atoms with Crippen LogP contribution in [0.1, 0.15) is 23.7 Å². The van der Waals surface area contributed by atoms with Crippen LogP contribution < -0.4 is 14.9 Å². The molecule has 0 fully saturated rings. The average Bonchev–Trinajstić information content (AvgIpc) is 2.90. The summed E-state index contributed by atoms with van der Waals surface area (Å²) in [7, 11) is 0. The van der Waals surface area contributed by atoms with Crippen molar-refractivity contribution in [2.45, 2.75) is 26.9 Å². The van der Waals surface area contributed by atoms with Crippen molar-refractivity contribution in [3.63, 3.8) is 0 Å². The SMILES string of the molecule is C/C(=N\NC(=O)[C@H]1COc2ccccc2O1)c1c(C)c[nH]c1C. The Morgan fingerprint density at radius 1 is 1.30 bits per heavy atom. The van der Waals surface area contributed by atoms with Crippen molar-refractivity contribution in [1.82, 2.24) is 10.4 Å². The maximum atomic E-state index is 12.2. The normalized spacial score (nSPS) is 17.0. The van der Waals surface area contributed by atoms with E-state index >= 15 is 0 Å². The lowest BCUT2D eigenvalue weighted by Gasteiger charge is -2.24. The quantitative estimate of drug-likeness (QED) is 0.674. The zero-order valence-electron chi connectivity index (χ0n) is 13.3. The Hall–Kier alpha value is -2.76. The van der Waals surface area contributed by atoms with Crippen LogP contribution in [0.15, 0.2) is 35.6 Å². The molecule has 0 saturated heterocycles. The number of H-pyrrole nitrogens is 1. The number of fused-ring (bicyclic) bond motifs is 1. The van der Waals surface area contributed by atoms with Crippen LogP contribution in [0.25, 0.3) is 0 Å². The van der Waals surface area contributed by atoms with Crippen LogP contribution >= 0.6 is 0 Å². The van der Waals surface area contributed by atoms with Crippen molar-refractivity contribution in [3.8, 4) is 11.5 Å². The van der Waals surface area contributed by atoms with Gasteiger partial charge in [-0.3, -0.25) is 4.79 Å². The molecule has 3 rings (SSSR count). The molecule has 0 saturated carbocycles. The molecule has 0 bridgehead atoms. The topological polar surface area (TPSA) is 75.7 Å². The molecule has 0 unspecified atom stereocenters. The predicted octanol–water partition coefficient (Wildman–Crippen LogP) is 2.31. The van der Waals surface area contributed by atoms with E-state index < -0.39 is 6.10 Å². The Bertz CT molecular complexity index is 745. The molecule has 1 aliphatic rings. The maximum absolute atomic E-state index is 12.2. The van der Waals surface area contributed by atoms with E-state index in [0.717, 1.165) is 22.5 Å². The van der Waals surface area contributed by atoms with Gasteiger partial charge in [0.15, 0.2) is 11.5 Å². The molecule has 1 aliphatic heterocycles. The first-order valence-electron chi connectivity index (χ1n) is 7.44. The van der Waals surface area contributed by atoms with Gasteiger partial charge in [0.2, 0.25) is 6.10 Å². The fourth-order valence-electron chi connectivity index (χ4n) is 2.63. The third kappa shape index (κ3) is 3.06. The number of hydrogen-bond donors (Lipinski definition) is 2. The third-order valence-corrected chi connectivity index (χ3v) is 3.77. The van der Waals surface area contributed by atoms with E-state index in [4.69, 9.17) is 9.47 Å². The van der Waals surface area contributed by atoms with Crippen LogP contribution in [0.5, 0.6) is 11.5 Å². The van der Waals surface area contributed by atoms with Crippen molar-refractivity contribution in [1.29, 1.82) is 0 Å². The average molecular weight is 313 g/mol. The standard InChI is InChI=1S/C17H19N3O3/c1-10-8-18-11(2)16(10)12(3)19-20-17(21)15-9-22-13-6-4-5-7-14(13)23-15/h4-8,15,18H,9H2,1-3H3,(H,20,21)/b19-12+/t15-/m1/s1. The van der Waals surface area contributed by atoms with Crippen LogP contribution in [-0.4, -0.2) is 29.3 Å². The molecule has 1 amide bonds.